The van der Waals surface area contributed by atoms with Crippen molar-refractivity contribution in [3.05, 3.63) is 83.4 Å². The molecule has 1 amide bonds. The van der Waals surface area contributed by atoms with Crippen molar-refractivity contribution in [1.29, 1.82) is 0 Å². The summed E-state index contributed by atoms with van der Waals surface area (Å²) in [4.78, 5) is 20.4. The lowest BCUT2D eigenvalue weighted by Gasteiger charge is -2.24. The zero-order valence-electron chi connectivity index (χ0n) is 18.6. The number of hydrogen-bond acceptors (Lipinski definition) is 4. The van der Waals surface area contributed by atoms with E-state index in [0.717, 1.165) is 16.1 Å². The molecule has 1 saturated carbocycles. The lowest BCUT2D eigenvalue weighted by molar-refractivity contribution is 0.0954. The first-order chi connectivity index (χ1) is 16.2. The SMILES string of the molecule is O=C(NCCc1ccc(O)cc1)c1ccc2c(c1)N=C(C1CCCCC1)c1ccccc1S2. The zero-order chi connectivity index (χ0) is 22.6. The quantitative estimate of drug-likeness (QED) is 0.459. The van der Waals surface area contributed by atoms with E-state index in [0.29, 0.717) is 24.4 Å². The molecular weight excluding hydrogens is 428 g/mol. The van der Waals surface area contributed by atoms with Crippen LogP contribution in [0.5, 0.6) is 5.75 Å². The summed E-state index contributed by atoms with van der Waals surface area (Å²) in [5, 5.41) is 12.4. The first-order valence-corrected chi connectivity index (χ1v) is 12.5. The van der Waals surface area contributed by atoms with Crippen molar-refractivity contribution >= 4 is 29.1 Å². The molecule has 0 aromatic heterocycles. The van der Waals surface area contributed by atoms with Crippen molar-refractivity contribution in [2.75, 3.05) is 6.54 Å². The summed E-state index contributed by atoms with van der Waals surface area (Å²) in [6, 6.07) is 21.5. The minimum absolute atomic E-state index is 0.0854. The second-order valence-electron chi connectivity index (χ2n) is 8.79. The molecule has 1 aliphatic heterocycles. The van der Waals surface area contributed by atoms with E-state index in [1.165, 1.54) is 48.3 Å². The number of nitrogens with zero attached hydrogens (tertiary/aromatic N) is 1. The molecular formula is C28H28N2O2S. The number of aromatic hydroxyl groups is 1. The Morgan fingerprint density at radius 2 is 1.76 bits per heavy atom. The molecule has 0 atom stereocenters. The van der Waals surface area contributed by atoms with E-state index in [1.807, 2.05) is 30.3 Å². The molecule has 0 radical (unpaired) electrons. The van der Waals surface area contributed by atoms with Gasteiger partial charge in [-0.25, -0.2) is 0 Å². The van der Waals surface area contributed by atoms with E-state index in [1.54, 1.807) is 23.9 Å². The maximum absolute atomic E-state index is 12.9. The minimum atomic E-state index is -0.0854. The Kier molecular flexibility index (Phi) is 6.49. The van der Waals surface area contributed by atoms with Gasteiger partial charge in [-0.2, -0.15) is 0 Å². The summed E-state index contributed by atoms with van der Waals surface area (Å²) < 4.78 is 0. The van der Waals surface area contributed by atoms with E-state index in [9.17, 15) is 9.90 Å². The minimum Gasteiger partial charge on any atom is -0.508 e. The third-order valence-electron chi connectivity index (χ3n) is 6.47. The summed E-state index contributed by atoms with van der Waals surface area (Å²) in [7, 11) is 0. The monoisotopic (exact) mass is 456 g/mol. The largest absolute Gasteiger partial charge is 0.508 e. The lowest BCUT2D eigenvalue weighted by Crippen LogP contribution is -2.25. The number of fused-ring (bicyclic) bond motifs is 2. The summed E-state index contributed by atoms with van der Waals surface area (Å²) in [5.74, 6) is 0.646. The number of nitrogens with one attached hydrogen (secondary N) is 1. The van der Waals surface area contributed by atoms with Crippen molar-refractivity contribution in [3.63, 3.8) is 0 Å². The Bertz CT molecular complexity index is 1180. The fraction of sp³-hybridized carbons (Fsp3) is 0.286. The molecule has 3 aromatic rings. The van der Waals surface area contributed by atoms with E-state index in [4.69, 9.17) is 4.99 Å². The molecule has 1 fully saturated rings. The van der Waals surface area contributed by atoms with Crippen LogP contribution >= 0.6 is 11.8 Å². The predicted molar refractivity (Wildman–Crippen MR) is 134 cm³/mol. The van der Waals surface area contributed by atoms with Crippen molar-refractivity contribution in [1.82, 2.24) is 5.32 Å². The number of benzene rings is 3. The Hall–Kier alpha value is -3.05. The van der Waals surface area contributed by atoms with E-state index >= 15 is 0 Å². The number of phenolic OH excluding ortho intramolecular Hbond substituents is 1. The highest BCUT2D eigenvalue weighted by atomic mass is 32.2. The van der Waals surface area contributed by atoms with Crippen molar-refractivity contribution in [2.24, 2.45) is 10.9 Å². The number of phenols is 1. The van der Waals surface area contributed by atoms with Crippen LogP contribution in [0.25, 0.3) is 0 Å². The van der Waals surface area contributed by atoms with Gasteiger partial charge in [-0.3, -0.25) is 9.79 Å². The third-order valence-corrected chi connectivity index (χ3v) is 7.61. The van der Waals surface area contributed by atoms with Gasteiger partial charge in [-0.15, -0.1) is 0 Å². The van der Waals surface area contributed by atoms with Gasteiger partial charge in [-0.1, -0.05) is 61.4 Å². The van der Waals surface area contributed by atoms with E-state index in [-0.39, 0.29) is 11.7 Å². The van der Waals surface area contributed by atoms with E-state index in [2.05, 4.69) is 29.6 Å². The van der Waals surface area contributed by atoms with Gasteiger partial charge in [0.25, 0.3) is 5.91 Å². The van der Waals surface area contributed by atoms with Gasteiger partial charge >= 0.3 is 0 Å². The fourth-order valence-corrected chi connectivity index (χ4v) is 5.69. The van der Waals surface area contributed by atoms with Crippen LogP contribution in [0.4, 0.5) is 5.69 Å². The second-order valence-corrected chi connectivity index (χ2v) is 9.87. The number of hydrogen-bond donors (Lipinski definition) is 2. The Morgan fingerprint density at radius 1 is 0.970 bits per heavy atom. The predicted octanol–water partition coefficient (Wildman–Crippen LogP) is 6.53. The average Bonchev–Trinajstić information content (AvgIpc) is 3.02. The average molecular weight is 457 g/mol. The van der Waals surface area contributed by atoms with Crippen LogP contribution in [0, 0.1) is 5.92 Å². The molecule has 1 heterocycles. The van der Waals surface area contributed by atoms with Crippen LogP contribution in [-0.4, -0.2) is 23.3 Å². The molecule has 4 nitrogen and oxygen atoms in total. The Labute approximate surface area is 199 Å². The topological polar surface area (TPSA) is 61.7 Å². The Balaban J connectivity index is 1.37. The summed E-state index contributed by atoms with van der Waals surface area (Å²) >= 11 is 1.74. The van der Waals surface area contributed by atoms with Crippen molar-refractivity contribution in [3.8, 4) is 5.75 Å². The molecule has 168 valence electrons. The molecule has 1 aliphatic carbocycles. The van der Waals surface area contributed by atoms with Gasteiger partial charge in [-0.05, 0) is 61.2 Å². The van der Waals surface area contributed by atoms with Gasteiger partial charge in [0.1, 0.15) is 5.75 Å². The first kappa shape index (κ1) is 21.8. The summed E-state index contributed by atoms with van der Waals surface area (Å²) in [6.45, 7) is 0.539. The maximum Gasteiger partial charge on any atom is 0.251 e. The van der Waals surface area contributed by atoms with E-state index < -0.39 is 0 Å². The summed E-state index contributed by atoms with van der Waals surface area (Å²) in [5.41, 5.74) is 5.03. The third kappa shape index (κ3) is 4.98. The highest BCUT2D eigenvalue weighted by Crippen LogP contribution is 2.43. The summed E-state index contributed by atoms with van der Waals surface area (Å²) in [6.07, 6.45) is 6.91. The first-order valence-electron chi connectivity index (χ1n) is 11.7. The van der Waals surface area contributed by atoms with Gasteiger partial charge in [0, 0.05) is 33.4 Å². The zero-order valence-corrected chi connectivity index (χ0v) is 19.4. The molecule has 0 saturated heterocycles. The van der Waals surface area contributed by atoms with Crippen LogP contribution in [0.3, 0.4) is 0 Å². The smallest absolute Gasteiger partial charge is 0.251 e. The Morgan fingerprint density at radius 3 is 2.58 bits per heavy atom. The second kappa shape index (κ2) is 9.84. The van der Waals surface area contributed by atoms with Gasteiger partial charge in [0.2, 0.25) is 0 Å². The van der Waals surface area contributed by atoms with Crippen LogP contribution < -0.4 is 5.32 Å². The van der Waals surface area contributed by atoms with Gasteiger partial charge < -0.3 is 10.4 Å². The van der Waals surface area contributed by atoms with Crippen LogP contribution in [0.2, 0.25) is 0 Å². The normalized spacial score (nSPS) is 15.7. The van der Waals surface area contributed by atoms with Gasteiger partial charge in [0.15, 0.2) is 0 Å². The molecule has 2 N–H and O–H groups in total. The highest BCUT2D eigenvalue weighted by molar-refractivity contribution is 7.99. The van der Waals surface area contributed by atoms with Crippen molar-refractivity contribution in [2.45, 2.75) is 48.3 Å². The fourth-order valence-electron chi connectivity index (χ4n) is 4.68. The van der Waals surface area contributed by atoms with Crippen molar-refractivity contribution < 1.29 is 9.90 Å². The molecule has 33 heavy (non-hydrogen) atoms. The van der Waals surface area contributed by atoms with Crippen LogP contribution in [0.1, 0.15) is 53.6 Å². The maximum atomic E-state index is 12.9. The number of carbonyl (C=O) groups excluding carboxylic acids is 1. The molecule has 5 rings (SSSR count). The standard InChI is InChI=1S/C28H28N2O2S/c31-22-13-10-19(11-14-22)16-17-29-28(32)21-12-15-26-24(18-21)30-27(20-6-2-1-3-7-20)23-8-4-5-9-25(23)33-26/h4-5,8-15,18,20,31H,1-3,6-7,16-17H2,(H,29,32). The number of carbonyl (C=O) groups is 1. The van der Waals surface area contributed by atoms with Gasteiger partial charge in [0.05, 0.1) is 11.4 Å². The molecule has 0 spiro atoms. The molecule has 0 unspecified atom stereocenters. The number of amides is 1. The molecule has 0 bridgehead atoms. The molecule has 2 aliphatic rings. The molecule has 5 heteroatoms. The highest BCUT2D eigenvalue weighted by Gasteiger charge is 2.26. The lowest BCUT2D eigenvalue weighted by atomic mass is 9.83. The number of aliphatic imine (C=N–C) groups is 1. The molecule has 3 aromatic carbocycles. The number of rotatable bonds is 5. The van der Waals surface area contributed by atoms with Crippen LogP contribution in [-0.2, 0) is 6.42 Å². The van der Waals surface area contributed by atoms with Crippen LogP contribution in [0.15, 0.2) is 81.5 Å².